The average molecular weight is 422 g/mol. The zero-order valence-electron chi connectivity index (χ0n) is 16.7. The van der Waals surface area contributed by atoms with Gasteiger partial charge in [-0.2, -0.15) is 0 Å². The topological polar surface area (TPSA) is 79.8 Å². The molecule has 1 aliphatic heterocycles. The molecule has 2 fully saturated rings. The summed E-state index contributed by atoms with van der Waals surface area (Å²) in [5, 5.41) is 6.43. The Labute approximate surface area is 179 Å². The van der Waals surface area contributed by atoms with E-state index in [0.29, 0.717) is 33.1 Å². The molecule has 0 unspecified atom stereocenters. The van der Waals surface area contributed by atoms with E-state index < -0.39 is 0 Å². The Hall–Kier alpha value is -3.06. The number of nitrogens with zero attached hydrogens (tertiary/aromatic N) is 1. The van der Waals surface area contributed by atoms with Crippen LogP contribution in [0.1, 0.15) is 41.6 Å². The van der Waals surface area contributed by atoms with Crippen molar-refractivity contribution in [2.24, 2.45) is 4.99 Å². The molecule has 2 aliphatic rings. The van der Waals surface area contributed by atoms with Gasteiger partial charge in [-0.05, 0) is 72.6 Å². The van der Waals surface area contributed by atoms with Crippen molar-refractivity contribution in [3.63, 3.8) is 0 Å². The average Bonchev–Trinajstić information content (AvgIpc) is 3.38. The number of aliphatic imine (C=N–C) groups is 1. The third kappa shape index (κ3) is 4.91. The van der Waals surface area contributed by atoms with Crippen LogP contribution in [0.15, 0.2) is 58.4 Å². The van der Waals surface area contributed by atoms with E-state index in [2.05, 4.69) is 15.6 Å². The molecule has 2 N–H and O–H groups in total. The minimum atomic E-state index is -0.207. The number of ether oxygens (including phenoxy) is 1. The van der Waals surface area contributed by atoms with Crippen LogP contribution in [0, 0.1) is 0 Å². The second kappa shape index (κ2) is 9.17. The van der Waals surface area contributed by atoms with Crippen molar-refractivity contribution in [2.75, 3.05) is 12.4 Å². The van der Waals surface area contributed by atoms with E-state index >= 15 is 0 Å². The summed E-state index contributed by atoms with van der Waals surface area (Å²) >= 11 is 1.37. The Morgan fingerprint density at radius 2 is 1.97 bits per heavy atom. The zero-order chi connectivity index (χ0) is 20.9. The number of rotatable bonds is 5. The van der Waals surface area contributed by atoms with Crippen molar-refractivity contribution >= 4 is 40.5 Å². The summed E-state index contributed by atoms with van der Waals surface area (Å²) < 4.78 is 5.12. The van der Waals surface area contributed by atoms with Gasteiger partial charge in [-0.15, -0.1) is 0 Å². The number of hydrogen-bond acceptors (Lipinski definition) is 5. The Bertz CT molecular complexity index is 1010. The van der Waals surface area contributed by atoms with Crippen molar-refractivity contribution in [3.8, 4) is 5.75 Å². The maximum absolute atomic E-state index is 12.5. The first-order valence-corrected chi connectivity index (χ1v) is 10.8. The lowest BCUT2D eigenvalue weighted by molar-refractivity contribution is -0.115. The number of carbonyl (C=O) groups is 2. The summed E-state index contributed by atoms with van der Waals surface area (Å²) in [7, 11) is 1.58. The number of thioether (sulfide) groups is 1. The number of methoxy groups -OCH3 is 1. The summed E-state index contributed by atoms with van der Waals surface area (Å²) in [6.45, 7) is 0. The first-order valence-electron chi connectivity index (χ1n) is 9.95. The van der Waals surface area contributed by atoms with Gasteiger partial charge in [-0.25, -0.2) is 0 Å². The highest BCUT2D eigenvalue weighted by atomic mass is 32.2. The van der Waals surface area contributed by atoms with Crippen LogP contribution >= 0.6 is 11.8 Å². The van der Waals surface area contributed by atoms with Crippen molar-refractivity contribution in [3.05, 3.63) is 64.6 Å². The smallest absolute Gasteiger partial charge is 0.264 e. The molecule has 7 heteroatoms. The minimum absolute atomic E-state index is 0.135. The summed E-state index contributed by atoms with van der Waals surface area (Å²) in [5.41, 5.74) is 2.04. The predicted molar refractivity (Wildman–Crippen MR) is 121 cm³/mol. The largest absolute Gasteiger partial charge is 0.497 e. The lowest BCUT2D eigenvalue weighted by Gasteiger charge is -2.07. The quantitative estimate of drug-likeness (QED) is 0.699. The molecule has 0 aromatic heterocycles. The van der Waals surface area contributed by atoms with E-state index in [1.165, 1.54) is 24.6 Å². The highest BCUT2D eigenvalue weighted by Gasteiger charge is 2.25. The fourth-order valence-corrected chi connectivity index (χ4v) is 4.38. The van der Waals surface area contributed by atoms with Crippen molar-refractivity contribution in [2.45, 2.75) is 31.7 Å². The molecule has 1 aliphatic carbocycles. The first-order chi connectivity index (χ1) is 14.6. The third-order valence-electron chi connectivity index (χ3n) is 5.07. The highest BCUT2D eigenvalue weighted by molar-refractivity contribution is 8.18. The van der Waals surface area contributed by atoms with E-state index in [9.17, 15) is 9.59 Å². The van der Waals surface area contributed by atoms with Gasteiger partial charge in [0.25, 0.3) is 11.8 Å². The molecule has 154 valence electrons. The molecule has 0 radical (unpaired) electrons. The van der Waals surface area contributed by atoms with Crippen molar-refractivity contribution < 1.29 is 14.3 Å². The molecule has 1 heterocycles. The van der Waals surface area contributed by atoms with Gasteiger partial charge in [-0.3, -0.25) is 14.6 Å². The molecule has 0 atom stereocenters. The number of nitrogens with one attached hydrogen (secondary N) is 2. The molecule has 0 bridgehead atoms. The lowest BCUT2D eigenvalue weighted by Crippen LogP contribution is -2.21. The number of amidine groups is 1. The van der Waals surface area contributed by atoms with Gasteiger partial charge in [0.15, 0.2) is 5.17 Å². The van der Waals surface area contributed by atoms with Gasteiger partial charge in [-0.1, -0.05) is 25.0 Å². The molecule has 30 heavy (non-hydrogen) atoms. The number of amides is 2. The van der Waals surface area contributed by atoms with Crippen LogP contribution < -0.4 is 15.4 Å². The number of carbonyl (C=O) groups excluding carboxylic acids is 2. The molecule has 4 rings (SSSR count). The van der Waals surface area contributed by atoms with Crippen LogP contribution in [0.25, 0.3) is 6.08 Å². The Kier molecular flexibility index (Phi) is 6.18. The van der Waals surface area contributed by atoms with Gasteiger partial charge in [0, 0.05) is 11.3 Å². The van der Waals surface area contributed by atoms with Crippen LogP contribution in [0.5, 0.6) is 5.75 Å². The number of anilines is 1. The first kappa shape index (κ1) is 20.2. The summed E-state index contributed by atoms with van der Waals surface area (Å²) in [6.07, 6.45) is 6.42. The SMILES string of the molecule is COc1ccc(C(=O)Nc2cccc(C=C3SC(=NC4CCCC4)NC3=O)c2)cc1. The van der Waals surface area contributed by atoms with E-state index in [-0.39, 0.29) is 11.8 Å². The van der Waals surface area contributed by atoms with Crippen molar-refractivity contribution in [1.29, 1.82) is 0 Å². The van der Waals surface area contributed by atoms with E-state index in [1.54, 1.807) is 31.4 Å². The highest BCUT2D eigenvalue weighted by Crippen LogP contribution is 2.29. The van der Waals surface area contributed by atoms with Gasteiger partial charge in [0.2, 0.25) is 0 Å². The van der Waals surface area contributed by atoms with Crippen LogP contribution in [0.3, 0.4) is 0 Å². The standard InChI is InChI=1S/C23H23N3O3S/c1-29-19-11-9-16(10-12-19)21(27)24-18-8-4-5-15(13-18)14-20-22(28)26-23(30-20)25-17-6-2-3-7-17/h4-5,8-14,17H,2-3,6-7H2,1H3,(H,24,27)(H,25,26,28). The monoisotopic (exact) mass is 421 g/mol. The molecule has 0 spiro atoms. The maximum Gasteiger partial charge on any atom is 0.264 e. The molecule has 6 nitrogen and oxygen atoms in total. The van der Waals surface area contributed by atoms with E-state index in [0.717, 1.165) is 18.4 Å². The Balaban J connectivity index is 1.45. The second-order valence-electron chi connectivity index (χ2n) is 7.25. The Morgan fingerprint density at radius 3 is 2.70 bits per heavy atom. The zero-order valence-corrected chi connectivity index (χ0v) is 17.5. The number of benzene rings is 2. The predicted octanol–water partition coefficient (Wildman–Crippen LogP) is 4.45. The molecular weight excluding hydrogens is 398 g/mol. The van der Waals surface area contributed by atoms with Crippen LogP contribution in [-0.2, 0) is 4.79 Å². The van der Waals surface area contributed by atoms with Crippen LogP contribution in [-0.4, -0.2) is 30.1 Å². The third-order valence-corrected chi connectivity index (χ3v) is 5.99. The summed E-state index contributed by atoms with van der Waals surface area (Å²) in [5.74, 6) is 0.356. The van der Waals surface area contributed by atoms with Gasteiger partial charge >= 0.3 is 0 Å². The van der Waals surface area contributed by atoms with Gasteiger partial charge in [0.1, 0.15) is 5.75 Å². The Morgan fingerprint density at radius 1 is 1.20 bits per heavy atom. The molecule has 2 amide bonds. The second-order valence-corrected chi connectivity index (χ2v) is 8.28. The van der Waals surface area contributed by atoms with E-state index in [1.807, 2.05) is 30.3 Å². The maximum atomic E-state index is 12.5. The van der Waals surface area contributed by atoms with Crippen molar-refractivity contribution in [1.82, 2.24) is 5.32 Å². The fraction of sp³-hybridized carbons (Fsp3) is 0.261. The van der Waals surface area contributed by atoms with Crippen LogP contribution in [0.2, 0.25) is 0 Å². The lowest BCUT2D eigenvalue weighted by atomic mass is 10.1. The van der Waals surface area contributed by atoms with Crippen LogP contribution in [0.4, 0.5) is 5.69 Å². The summed E-state index contributed by atoms with van der Waals surface area (Å²) in [4.78, 5) is 30.0. The summed E-state index contributed by atoms with van der Waals surface area (Å²) in [6, 6.07) is 14.6. The molecule has 2 aromatic carbocycles. The normalized spacial score (nSPS) is 19.3. The molecule has 2 aromatic rings. The molecule has 1 saturated heterocycles. The van der Waals surface area contributed by atoms with E-state index in [4.69, 9.17) is 4.74 Å². The molecule has 1 saturated carbocycles. The minimum Gasteiger partial charge on any atom is -0.497 e. The van der Waals surface area contributed by atoms with Gasteiger partial charge in [0.05, 0.1) is 18.1 Å². The fourth-order valence-electron chi connectivity index (χ4n) is 3.49. The number of hydrogen-bond donors (Lipinski definition) is 2. The molecular formula is C23H23N3O3S. The van der Waals surface area contributed by atoms with Gasteiger partial charge < -0.3 is 15.4 Å².